The van der Waals surface area contributed by atoms with E-state index in [-0.39, 0.29) is 11.6 Å². The van der Waals surface area contributed by atoms with Gasteiger partial charge < -0.3 is 5.32 Å². The minimum Gasteiger partial charge on any atom is -0.349 e. The van der Waals surface area contributed by atoms with E-state index >= 15 is 0 Å². The zero-order chi connectivity index (χ0) is 13.3. The first-order chi connectivity index (χ1) is 8.49. The molecule has 96 valence electrons. The van der Waals surface area contributed by atoms with Gasteiger partial charge >= 0.3 is 5.69 Å². The molecule has 1 atom stereocenters. The summed E-state index contributed by atoms with van der Waals surface area (Å²) in [6.07, 6.45) is 2.19. The van der Waals surface area contributed by atoms with Crippen LogP contribution in [-0.2, 0) is 0 Å². The highest BCUT2D eigenvalue weighted by Crippen LogP contribution is 2.32. The average molecular weight is 252 g/mol. The number of rotatable bonds is 4. The van der Waals surface area contributed by atoms with Gasteiger partial charge in [-0.05, 0) is 37.8 Å². The highest BCUT2D eigenvalue weighted by molar-refractivity contribution is 5.94. The molecule has 0 heterocycles. The highest BCUT2D eigenvalue weighted by atomic mass is 19.1. The molecule has 1 aromatic carbocycles. The smallest absolute Gasteiger partial charge is 0.304 e. The van der Waals surface area contributed by atoms with Gasteiger partial charge in [0.05, 0.1) is 4.92 Å². The number of halogens is 1. The fourth-order valence-electron chi connectivity index (χ4n) is 1.80. The van der Waals surface area contributed by atoms with Crippen molar-refractivity contribution in [3.63, 3.8) is 0 Å². The van der Waals surface area contributed by atoms with E-state index < -0.39 is 22.3 Å². The highest BCUT2D eigenvalue weighted by Gasteiger charge is 2.29. The van der Waals surface area contributed by atoms with E-state index in [0.717, 1.165) is 25.0 Å². The van der Waals surface area contributed by atoms with Gasteiger partial charge in [0.2, 0.25) is 5.82 Å². The molecule has 18 heavy (non-hydrogen) atoms. The zero-order valence-electron chi connectivity index (χ0n) is 9.85. The quantitative estimate of drug-likeness (QED) is 0.660. The molecular weight excluding hydrogens is 239 g/mol. The normalized spacial score (nSPS) is 16.1. The number of amides is 1. The number of benzene rings is 1. The summed E-state index contributed by atoms with van der Waals surface area (Å²) < 4.78 is 13.3. The fourth-order valence-corrected chi connectivity index (χ4v) is 1.80. The predicted molar refractivity (Wildman–Crippen MR) is 62.7 cm³/mol. The first kappa shape index (κ1) is 12.5. The lowest BCUT2D eigenvalue weighted by Gasteiger charge is -2.12. The Kier molecular flexibility index (Phi) is 3.27. The lowest BCUT2D eigenvalue weighted by Crippen LogP contribution is -2.34. The van der Waals surface area contributed by atoms with Crippen LogP contribution in [-0.4, -0.2) is 16.9 Å². The molecule has 2 rings (SSSR count). The monoisotopic (exact) mass is 252 g/mol. The maximum atomic E-state index is 13.3. The molecule has 0 aliphatic heterocycles. The van der Waals surface area contributed by atoms with E-state index in [9.17, 15) is 19.3 Å². The molecule has 1 aliphatic rings. The van der Waals surface area contributed by atoms with Gasteiger partial charge in [0.1, 0.15) is 0 Å². The largest absolute Gasteiger partial charge is 0.349 e. The van der Waals surface area contributed by atoms with Crippen LogP contribution in [0.3, 0.4) is 0 Å². The Bertz CT molecular complexity index is 500. The molecule has 0 spiro atoms. The van der Waals surface area contributed by atoms with E-state index in [0.29, 0.717) is 5.92 Å². The topological polar surface area (TPSA) is 72.2 Å². The number of nitro groups is 1. The number of carbonyl (C=O) groups is 1. The van der Waals surface area contributed by atoms with Crippen molar-refractivity contribution in [2.75, 3.05) is 0 Å². The van der Waals surface area contributed by atoms with Crippen molar-refractivity contribution < 1.29 is 14.1 Å². The number of nitro benzene ring substituents is 1. The van der Waals surface area contributed by atoms with Crippen LogP contribution in [0.2, 0.25) is 0 Å². The molecule has 0 aromatic heterocycles. The van der Waals surface area contributed by atoms with E-state index in [4.69, 9.17) is 0 Å². The number of carbonyl (C=O) groups excluding carboxylic acids is 1. The molecule has 1 fully saturated rings. The number of nitrogens with one attached hydrogen (secondary N) is 1. The van der Waals surface area contributed by atoms with Crippen LogP contribution >= 0.6 is 0 Å². The molecule has 0 saturated heterocycles. The standard InChI is InChI=1S/C12H13FN2O3/c1-7(8-2-3-8)14-12(16)9-4-5-11(15(17)18)10(13)6-9/h4-8H,2-3H2,1H3,(H,14,16). The summed E-state index contributed by atoms with van der Waals surface area (Å²) in [6, 6.07) is 3.21. The zero-order valence-corrected chi connectivity index (χ0v) is 9.85. The average Bonchev–Trinajstić information content (AvgIpc) is 3.11. The molecule has 0 radical (unpaired) electrons. The predicted octanol–water partition coefficient (Wildman–Crippen LogP) is 2.26. The summed E-state index contributed by atoms with van der Waals surface area (Å²) in [6.45, 7) is 1.90. The van der Waals surface area contributed by atoms with Crippen LogP contribution in [0.15, 0.2) is 18.2 Å². The van der Waals surface area contributed by atoms with E-state index in [1.54, 1.807) is 0 Å². The van der Waals surface area contributed by atoms with Crippen LogP contribution < -0.4 is 5.32 Å². The van der Waals surface area contributed by atoms with Crippen LogP contribution in [0, 0.1) is 21.8 Å². The summed E-state index contributed by atoms with van der Waals surface area (Å²) in [4.78, 5) is 21.4. The van der Waals surface area contributed by atoms with Crippen molar-refractivity contribution in [2.24, 2.45) is 5.92 Å². The minimum absolute atomic E-state index is 0.0516. The lowest BCUT2D eigenvalue weighted by molar-refractivity contribution is -0.387. The molecule has 6 heteroatoms. The molecule has 1 aliphatic carbocycles. The van der Waals surface area contributed by atoms with Crippen LogP contribution in [0.4, 0.5) is 10.1 Å². The Morgan fingerprint density at radius 2 is 2.22 bits per heavy atom. The van der Waals surface area contributed by atoms with Crippen molar-refractivity contribution in [3.05, 3.63) is 39.7 Å². The van der Waals surface area contributed by atoms with E-state index in [1.165, 1.54) is 6.07 Å². The maximum absolute atomic E-state index is 13.3. The van der Waals surface area contributed by atoms with E-state index in [1.807, 2.05) is 6.92 Å². The molecule has 5 nitrogen and oxygen atoms in total. The molecule has 0 bridgehead atoms. The lowest BCUT2D eigenvalue weighted by atomic mass is 10.1. The number of hydrogen-bond acceptors (Lipinski definition) is 3. The second kappa shape index (κ2) is 4.72. The van der Waals surface area contributed by atoms with E-state index in [2.05, 4.69) is 5.32 Å². The summed E-state index contributed by atoms with van der Waals surface area (Å²) >= 11 is 0. The molecule has 1 aromatic rings. The van der Waals surface area contributed by atoms with Gasteiger partial charge in [-0.25, -0.2) is 0 Å². The van der Waals surface area contributed by atoms with Crippen LogP contribution in [0.5, 0.6) is 0 Å². The van der Waals surface area contributed by atoms with Crippen molar-refractivity contribution >= 4 is 11.6 Å². The third kappa shape index (κ3) is 2.64. The molecule has 1 unspecified atom stereocenters. The molecular formula is C12H13FN2O3. The molecule has 1 N–H and O–H groups in total. The molecule has 1 saturated carbocycles. The Labute approximate surface area is 103 Å². The first-order valence-electron chi connectivity index (χ1n) is 5.74. The Morgan fingerprint density at radius 3 is 2.72 bits per heavy atom. The number of hydrogen-bond donors (Lipinski definition) is 1. The summed E-state index contributed by atoms with van der Waals surface area (Å²) in [7, 11) is 0. The van der Waals surface area contributed by atoms with Crippen molar-refractivity contribution in [1.82, 2.24) is 5.32 Å². The van der Waals surface area contributed by atoms with Crippen molar-refractivity contribution in [1.29, 1.82) is 0 Å². The van der Waals surface area contributed by atoms with Gasteiger partial charge in [0.25, 0.3) is 5.91 Å². The third-order valence-electron chi connectivity index (χ3n) is 3.09. The second-order valence-corrected chi connectivity index (χ2v) is 4.52. The third-order valence-corrected chi connectivity index (χ3v) is 3.09. The van der Waals surface area contributed by atoms with Crippen molar-refractivity contribution in [3.8, 4) is 0 Å². The summed E-state index contributed by atoms with van der Waals surface area (Å²) in [5, 5.41) is 13.2. The summed E-state index contributed by atoms with van der Waals surface area (Å²) in [5.41, 5.74) is -0.521. The van der Waals surface area contributed by atoms with Gasteiger partial charge in [-0.15, -0.1) is 0 Å². The first-order valence-corrected chi connectivity index (χ1v) is 5.74. The minimum atomic E-state index is -0.994. The molecule has 1 amide bonds. The van der Waals surface area contributed by atoms with Gasteiger partial charge in [0.15, 0.2) is 0 Å². The van der Waals surface area contributed by atoms with Crippen LogP contribution in [0.25, 0.3) is 0 Å². The van der Waals surface area contributed by atoms with Crippen molar-refractivity contribution in [2.45, 2.75) is 25.8 Å². The maximum Gasteiger partial charge on any atom is 0.304 e. The second-order valence-electron chi connectivity index (χ2n) is 4.52. The summed E-state index contributed by atoms with van der Waals surface area (Å²) in [5.74, 6) is -0.897. The van der Waals surface area contributed by atoms with Gasteiger partial charge in [-0.3, -0.25) is 14.9 Å². The van der Waals surface area contributed by atoms with Gasteiger partial charge in [0, 0.05) is 17.7 Å². The van der Waals surface area contributed by atoms with Crippen LogP contribution in [0.1, 0.15) is 30.1 Å². The Hall–Kier alpha value is -1.98. The number of nitrogens with zero attached hydrogens (tertiary/aromatic N) is 1. The fraction of sp³-hybridized carbons (Fsp3) is 0.417. The Morgan fingerprint density at radius 1 is 1.56 bits per heavy atom. The van der Waals surface area contributed by atoms with Gasteiger partial charge in [-0.2, -0.15) is 4.39 Å². The Balaban J connectivity index is 2.10. The van der Waals surface area contributed by atoms with Gasteiger partial charge in [-0.1, -0.05) is 0 Å². The SMILES string of the molecule is CC(NC(=O)c1ccc([N+](=O)[O-])c(F)c1)C1CC1.